The summed E-state index contributed by atoms with van der Waals surface area (Å²) in [5, 5.41) is 11.6. The number of hydrogen-bond acceptors (Lipinski definition) is 4. The maximum absolute atomic E-state index is 11.3. The number of nitrogens with two attached hydrogens (primary N) is 1. The average Bonchev–Trinajstić information content (AvgIpc) is 2.57. The highest BCUT2D eigenvalue weighted by atomic mass is 32.2. The first-order valence-electron chi connectivity index (χ1n) is 9.04. The van der Waals surface area contributed by atoms with E-state index in [1.54, 1.807) is 12.1 Å². The van der Waals surface area contributed by atoms with E-state index in [1.165, 1.54) is 12.1 Å². The van der Waals surface area contributed by atoms with Crippen LogP contribution in [0.1, 0.15) is 32.8 Å². The fourth-order valence-corrected chi connectivity index (χ4v) is 2.67. The number of primary sulfonamides is 1. The molecule has 0 unspecified atom stereocenters. The Hall–Kier alpha value is -1.64. The first-order valence-corrected chi connectivity index (χ1v) is 10.6. The van der Waals surface area contributed by atoms with Crippen LogP contribution in [0.2, 0.25) is 0 Å². The third kappa shape index (κ3) is 9.74. The van der Waals surface area contributed by atoms with Crippen molar-refractivity contribution >= 4 is 16.0 Å². The van der Waals surface area contributed by atoms with Crippen LogP contribution in [0.5, 0.6) is 0 Å². The monoisotopic (exact) mass is 384 g/mol. The lowest BCUT2D eigenvalue weighted by Crippen LogP contribution is -2.38. The molecule has 7 nitrogen and oxygen atoms in total. The van der Waals surface area contributed by atoms with E-state index in [4.69, 9.17) is 9.88 Å². The van der Waals surface area contributed by atoms with Gasteiger partial charge in [-0.15, -0.1) is 0 Å². The molecular weight excluding hydrogens is 352 g/mol. The van der Waals surface area contributed by atoms with Gasteiger partial charge >= 0.3 is 0 Å². The molecule has 0 aliphatic carbocycles. The van der Waals surface area contributed by atoms with E-state index in [1.807, 2.05) is 6.92 Å². The molecule has 0 radical (unpaired) electrons. The molecule has 1 aromatic carbocycles. The van der Waals surface area contributed by atoms with Gasteiger partial charge in [-0.2, -0.15) is 0 Å². The third-order valence-electron chi connectivity index (χ3n) is 3.65. The number of rotatable bonds is 11. The predicted molar refractivity (Wildman–Crippen MR) is 106 cm³/mol. The summed E-state index contributed by atoms with van der Waals surface area (Å²) in [4.78, 5) is 4.61. The van der Waals surface area contributed by atoms with Crippen molar-refractivity contribution in [3.05, 3.63) is 29.8 Å². The van der Waals surface area contributed by atoms with Crippen molar-refractivity contribution in [2.75, 3.05) is 32.8 Å². The molecule has 1 aromatic rings. The van der Waals surface area contributed by atoms with Gasteiger partial charge in [0.25, 0.3) is 0 Å². The summed E-state index contributed by atoms with van der Waals surface area (Å²) in [6.07, 6.45) is 1.81. The SMILES string of the molecule is CCNC(=NCCOCCC(C)C)NCCc1ccc(S(N)(=O)=O)cc1. The Labute approximate surface area is 157 Å². The largest absolute Gasteiger partial charge is 0.380 e. The lowest BCUT2D eigenvalue weighted by atomic mass is 10.1. The first kappa shape index (κ1) is 22.4. The van der Waals surface area contributed by atoms with E-state index in [0.717, 1.165) is 37.5 Å². The molecule has 0 aliphatic rings. The van der Waals surface area contributed by atoms with Gasteiger partial charge in [0.15, 0.2) is 5.96 Å². The van der Waals surface area contributed by atoms with Crippen molar-refractivity contribution in [3.8, 4) is 0 Å². The van der Waals surface area contributed by atoms with Gasteiger partial charge < -0.3 is 15.4 Å². The zero-order chi connectivity index (χ0) is 19.4. The molecule has 0 saturated heterocycles. The van der Waals surface area contributed by atoms with Gasteiger partial charge in [0.05, 0.1) is 18.0 Å². The van der Waals surface area contributed by atoms with Gasteiger partial charge in [-0.25, -0.2) is 13.6 Å². The minimum absolute atomic E-state index is 0.126. The van der Waals surface area contributed by atoms with Crippen LogP contribution in [0.25, 0.3) is 0 Å². The summed E-state index contributed by atoms with van der Waals surface area (Å²) in [6, 6.07) is 6.60. The quantitative estimate of drug-likeness (QED) is 0.304. The molecule has 4 N–H and O–H groups in total. The number of nitrogens with one attached hydrogen (secondary N) is 2. The number of aliphatic imine (C=N–C) groups is 1. The molecule has 0 saturated carbocycles. The molecule has 0 fully saturated rings. The van der Waals surface area contributed by atoms with E-state index in [2.05, 4.69) is 29.5 Å². The van der Waals surface area contributed by atoms with Crippen molar-refractivity contribution < 1.29 is 13.2 Å². The lowest BCUT2D eigenvalue weighted by Gasteiger charge is -2.12. The Morgan fingerprint density at radius 2 is 1.88 bits per heavy atom. The van der Waals surface area contributed by atoms with Crippen LogP contribution in [-0.4, -0.2) is 47.2 Å². The van der Waals surface area contributed by atoms with E-state index < -0.39 is 10.0 Å². The highest BCUT2D eigenvalue weighted by Gasteiger charge is 2.06. The van der Waals surface area contributed by atoms with Crippen molar-refractivity contribution in [2.45, 2.75) is 38.5 Å². The maximum Gasteiger partial charge on any atom is 0.238 e. The summed E-state index contributed by atoms with van der Waals surface area (Å²) in [5.74, 6) is 1.40. The summed E-state index contributed by atoms with van der Waals surface area (Å²) < 4.78 is 28.1. The fourth-order valence-electron chi connectivity index (χ4n) is 2.16. The number of hydrogen-bond donors (Lipinski definition) is 3. The molecule has 0 aromatic heterocycles. The summed E-state index contributed by atoms with van der Waals surface area (Å²) in [6.45, 7) is 9.83. The number of sulfonamides is 1. The molecule has 0 spiro atoms. The lowest BCUT2D eigenvalue weighted by molar-refractivity contribution is 0.130. The Morgan fingerprint density at radius 1 is 1.19 bits per heavy atom. The standard InChI is InChI=1S/C18H32N4O3S/c1-4-20-18(22-12-14-25-13-10-15(2)3)21-11-9-16-5-7-17(8-6-16)26(19,23)24/h5-8,15H,4,9-14H2,1-3H3,(H2,19,23,24)(H2,20,21,22). The van der Waals surface area contributed by atoms with Crippen molar-refractivity contribution in [1.29, 1.82) is 0 Å². The normalized spacial score (nSPS) is 12.4. The van der Waals surface area contributed by atoms with Gasteiger partial charge in [0.2, 0.25) is 10.0 Å². The number of ether oxygens (including phenoxy) is 1. The van der Waals surface area contributed by atoms with E-state index in [9.17, 15) is 8.42 Å². The van der Waals surface area contributed by atoms with Crippen LogP contribution in [-0.2, 0) is 21.2 Å². The minimum Gasteiger partial charge on any atom is -0.380 e. The van der Waals surface area contributed by atoms with Gasteiger partial charge in [-0.3, -0.25) is 4.99 Å². The highest BCUT2D eigenvalue weighted by molar-refractivity contribution is 7.89. The second kappa shape index (κ2) is 11.9. The Morgan fingerprint density at radius 3 is 2.46 bits per heavy atom. The molecule has 1 rings (SSSR count). The number of benzene rings is 1. The molecule has 8 heteroatoms. The maximum atomic E-state index is 11.3. The molecule has 26 heavy (non-hydrogen) atoms. The van der Waals surface area contributed by atoms with Crippen LogP contribution in [0.15, 0.2) is 34.2 Å². The summed E-state index contributed by atoms with van der Waals surface area (Å²) in [5.41, 5.74) is 1.03. The van der Waals surface area contributed by atoms with Crippen LogP contribution in [0.3, 0.4) is 0 Å². The second-order valence-corrected chi connectivity index (χ2v) is 7.98. The minimum atomic E-state index is -3.64. The molecule has 0 heterocycles. The van der Waals surface area contributed by atoms with Gasteiger partial charge in [0.1, 0.15) is 0 Å². The van der Waals surface area contributed by atoms with Crippen molar-refractivity contribution in [1.82, 2.24) is 10.6 Å². The molecular formula is C18H32N4O3S. The molecule has 0 amide bonds. The fraction of sp³-hybridized carbons (Fsp3) is 0.611. The van der Waals surface area contributed by atoms with Crippen molar-refractivity contribution in [2.24, 2.45) is 16.0 Å². The van der Waals surface area contributed by atoms with Gasteiger partial charge in [-0.1, -0.05) is 26.0 Å². The first-order chi connectivity index (χ1) is 12.3. The van der Waals surface area contributed by atoms with Crippen molar-refractivity contribution in [3.63, 3.8) is 0 Å². The Bertz CT molecular complexity index is 643. The van der Waals surface area contributed by atoms with E-state index in [0.29, 0.717) is 25.6 Å². The van der Waals surface area contributed by atoms with Crippen LogP contribution in [0, 0.1) is 5.92 Å². The van der Waals surface area contributed by atoms with Gasteiger partial charge in [0, 0.05) is 19.7 Å². The van der Waals surface area contributed by atoms with E-state index >= 15 is 0 Å². The highest BCUT2D eigenvalue weighted by Crippen LogP contribution is 2.08. The molecule has 0 atom stereocenters. The molecule has 148 valence electrons. The van der Waals surface area contributed by atoms with Crippen LogP contribution >= 0.6 is 0 Å². The second-order valence-electron chi connectivity index (χ2n) is 6.42. The summed E-state index contributed by atoms with van der Waals surface area (Å²) in [7, 11) is -3.64. The predicted octanol–water partition coefficient (Wildman–Crippen LogP) is 1.49. The van der Waals surface area contributed by atoms with Gasteiger partial charge in [-0.05, 0) is 43.4 Å². The Balaban J connectivity index is 2.37. The topological polar surface area (TPSA) is 106 Å². The Kier molecular flexibility index (Phi) is 10.2. The average molecular weight is 385 g/mol. The number of nitrogens with zero attached hydrogens (tertiary/aromatic N) is 1. The number of guanidine groups is 1. The third-order valence-corrected chi connectivity index (χ3v) is 4.58. The smallest absolute Gasteiger partial charge is 0.238 e. The molecule has 0 bridgehead atoms. The zero-order valence-electron chi connectivity index (χ0n) is 16.0. The molecule has 0 aliphatic heterocycles. The van der Waals surface area contributed by atoms with Crippen LogP contribution in [0.4, 0.5) is 0 Å². The van der Waals surface area contributed by atoms with E-state index in [-0.39, 0.29) is 4.90 Å². The zero-order valence-corrected chi connectivity index (χ0v) is 16.8. The summed E-state index contributed by atoms with van der Waals surface area (Å²) >= 11 is 0. The van der Waals surface area contributed by atoms with Crippen LogP contribution < -0.4 is 15.8 Å².